The highest BCUT2D eigenvalue weighted by Gasteiger charge is 2.36. The van der Waals surface area contributed by atoms with Gasteiger partial charge in [-0.15, -0.1) is 0 Å². The van der Waals surface area contributed by atoms with Crippen molar-refractivity contribution >= 4 is 33.2 Å². The monoisotopic (exact) mass is 485 g/mol. The predicted octanol–water partition coefficient (Wildman–Crippen LogP) is 3.71. The molecule has 2 aromatic rings. The normalized spacial score (nSPS) is 20.7. The molecular weight excluding hydrogens is 454 g/mol. The molecule has 2 aliphatic heterocycles. The number of piperidine rings is 1. The maximum Gasteiger partial charge on any atom is 0.265 e. The van der Waals surface area contributed by atoms with Crippen LogP contribution in [0.1, 0.15) is 44.2 Å². The molecule has 8 nitrogen and oxygen atoms in total. The van der Waals surface area contributed by atoms with Crippen LogP contribution < -0.4 is 15.4 Å². The molecule has 2 heterocycles. The first-order valence-corrected chi connectivity index (χ1v) is 13.2. The van der Waals surface area contributed by atoms with Gasteiger partial charge >= 0.3 is 0 Å². The Morgan fingerprint density at radius 2 is 2.03 bits per heavy atom. The fraction of sp³-hybridized carbons (Fsp3) is 0.440. The number of aryl methyl sites for hydroxylation is 2. The molecule has 34 heavy (non-hydrogen) atoms. The Hall–Kier alpha value is -2.91. The number of carbonyl (C=O) groups is 2. The first-order valence-electron chi connectivity index (χ1n) is 11.7. The van der Waals surface area contributed by atoms with E-state index in [2.05, 4.69) is 17.6 Å². The Balaban J connectivity index is 1.53. The minimum Gasteiger partial charge on any atom is -0.478 e. The molecule has 182 valence electrons. The summed E-state index contributed by atoms with van der Waals surface area (Å²) in [7, 11) is -3.85. The van der Waals surface area contributed by atoms with Gasteiger partial charge in [0.2, 0.25) is 15.9 Å². The van der Waals surface area contributed by atoms with Crippen molar-refractivity contribution in [2.24, 2.45) is 5.92 Å². The lowest BCUT2D eigenvalue weighted by molar-refractivity contribution is -0.123. The predicted molar refractivity (Wildman–Crippen MR) is 130 cm³/mol. The maximum absolute atomic E-state index is 13.6. The summed E-state index contributed by atoms with van der Waals surface area (Å²) >= 11 is 0. The van der Waals surface area contributed by atoms with Crippen LogP contribution in [0.5, 0.6) is 5.75 Å². The molecular formula is C25H31N3O5S. The van der Waals surface area contributed by atoms with Gasteiger partial charge in [-0.25, -0.2) is 8.42 Å². The Labute approximate surface area is 200 Å². The molecule has 2 unspecified atom stereocenters. The van der Waals surface area contributed by atoms with Gasteiger partial charge in [-0.1, -0.05) is 26.0 Å². The zero-order valence-corrected chi connectivity index (χ0v) is 20.6. The van der Waals surface area contributed by atoms with E-state index in [9.17, 15) is 18.0 Å². The summed E-state index contributed by atoms with van der Waals surface area (Å²) in [6.07, 6.45) is 1.92. The Morgan fingerprint density at radius 1 is 1.24 bits per heavy atom. The fourth-order valence-electron chi connectivity index (χ4n) is 4.46. The molecule has 1 fully saturated rings. The average Bonchev–Trinajstić information content (AvgIpc) is 2.83. The molecule has 0 saturated carbocycles. The number of rotatable bonds is 6. The number of sulfonamides is 1. The Kier molecular flexibility index (Phi) is 6.95. The van der Waals surface area contributed by atoms with Crippen LogP contribution in [0.4, 0.5) is 11.4 Å². The van der Waals surface area contributed by atoms with Gasteiger partial charge < -0.3 is 15.4 Å². The molecule has 2 N–H and O–H groups in total. The lowest BCUT2D eigenvalue weighted by Crippen LogP contribution is -2.44. The molecule has 2 atom stereocenters. The van der Waals surface area contributed by atoms with Gasteiger partial charge in [0.25, 0.3) is 5.91 Å². The van der Waals surface area contributed by atoms with Crippen molar-refractivity contribution in [2.45, 2.75) is 57.5 Å². The van der Waals surface area contributed by atoms with Crippen LogP contribution in [-0.4, -0.2) is 43.7 Å². The number of nitrogens with one attached hydrogen (secondary N) is 2. The molecule has 0 aliphatic carbocycles. The van der Waals surface area contributed by atoms with E-state index in [1.807, 2.05) is 31.2 Å². The van der Waals surface area contributed by atoms with Crippen molar-refractivity contribution in [3.8, 4) is 5.75 Å². The van der Waals surface area contributed by atoms with Crippen molar-refractivity contribution in [1.82, 2.24) is 4.31 Å². The smallest absolute Gasteiger partial charge is 0.265 e. The van der Waals surface area contributed by atoms with Crippen LogP contribution in [0.25, 0.3) is 0 Å². The minimum absolute atomic E-state index is 0.118. The number of fused-ring (bicyclic) bond motifs is 1. The van der Waals surface area contributed by atoms with Gasteiger partial charge in [-0.3, -0.25) is 9.59 Å². The summed E-state index contributed by atoms with van der Waals surface area (Å²) in [6, 6.07) is 10.8. The fourth-order valence-corrected chi connectivity index (χ4v) is 6.20. The van der Waals surface area contributed by atoms with Gasteiger partial charge in [0, 0.05) is 24.8 Å². The van der Waals surface area contributed by atoms with Crippen LogP contribution in [0.15, 0.2) is 41.3 Å². The number of hydrogen-bond donors (Lipinski definition) is 2. The Bertz CT molecular complexity index is 1210. The molecule has 2 amide bonds. The second-order valence-corrected chi connectivity index (χ2v) is 10.8. The van der Waals surface area contributed by atoms with E-state index < -0.39 is 22.0 Å². The zero-order valence-electron chi connectivity index (χ0n) is 19.8. The minimum atomic E-state index is -3.85. The standard InChI is InChI=1S/C25H31N3O5S/c1-4-17-8-6-10-19(13-17)26-24(29)18-9-7-11-28(15-18)34(31,32)23-14-22-20(12-16(23)3)27-25(30)21(5-2)33-22/h6,8,10,12-14,18,21H,4-5,7,9,11,15H2,1-3H3,(H,26,29)(H,27,30). The van der Waals surface area contributed by atoms with Crippen molar-refractivity contribution in [1.29, 1.82) is 0 Å². The van der Waals surface area contributed by atoms with Crippen molar-refractivity contribution in [3.05, 3.63) is 47.5 Å². The van der Waals surface area contributed by atoms with Gasteiger partial charge in [-0.2, -0.15) is 4.31 Å². The van der Waals surface area contributed by atoms with Crippen molar-refractivity contribution in [3.63, 3.8) is 0 Å². The van der Waals surface area contributed by atoms with E-state index in [0.717, 1.165) is 17.7 Å². The van der Waals surface area contributed by atoms with Crippen LogP contribution >= 0.6 is 0 Å². The molecule has 1 saturated heterocycles. The first kappa shape index (κ1) is 24.2. The molecule has 0 spiro atoms. The summed E-state index contributed by atoms with van der Waals surface area (Å²) < 4.78 is 34.3. The van der Waals surface area contributed by atoms with Gasteiger partial charge in [0.05, 0.1) is 16.5 Å². The first-order chi connectivity index (χ1) is 16.2. The van der Waals surface area contributed by atoms with E-state index in [0.29, 0.717) is 42.8 Å². The van der Waals surface area contributed by atoms with E-state index in [4.69, 9.17) is 4.74 Å². The number of anilines is 2. The zero-order chi connectivity index (χ0) is 24.5. The lowest BCUT2D eigenvalue weighted by Gasteiger charge is -2.32. The summed E-state index contributed by atoms with van der Waals surface area (Å²) in [4.78, 5) is 25.2. The third kappa shape index (κ3) is 4.81. The molecule has 0 radical (unpaired) electrons. The quantitative estimate of drug-likeness (QED) is 0.649. The van der Waals surface area contributed by atoms with Gasteiger partial charge in [-0.05, 0) is 61.9 Å². The van der Waals surface area contributed by atoms with Gasteiger partial charge in [0.1, 0.15) is 5.75 Å². The maximum atomic E-state index is 13.6. The van der Waals surface area contributed by atoms with E-state index in [-0.39, 0.29) is 23.3 Å². The van der Waals surface area contributed by atoms with Crippen molar-refractivity contribution in [2.75, 3.05) is 23.7 Å². The molecule has 2 aromatic carbocycles. The van der Waals surface area contributed by atoms with Crippen LogP contribution in [-0.2, 0) is 26.0 Å². The van der Waals surface area contributed by atoms with E-state index >= 15 is 0 Å². The lowest BCUT2D eigenvalue weighted by atomic mass is 9.98. The van der Waals surface area contributed by atoms with E-state index in [1.165, 1.54) is 10.4 Å². The van der Waals surface area contributed by atoms with Crippen LogP contribution in [0, 0.1) is 12.8 Å². The topological polar surface area (TPSA) is 105 Å². The molecule has 9 heteroatoms. The highest BCUT2D eigenvalue weighted by Crippen LogP contribution is 2.36. The molecule has 0 aromatic heterocycles. The highest BCUT2D eigenvalue weighted by molar-refractivity contribution is 7.89. The SMILES string of the molecule is CCc1cccc(NC(=O)C2CCCN(S(=O)(=O)c3cc4c(cc3C)NC(=O)C(CC)O4)C2)c1. The number of nitrogens with zero attached hydrogens (tertiary/aromatic N) is 1. The largest absolute Gasteiger partial charge is 0.478 e. The highest BCUT2D eigenvalue weighted by atomic mass is 32.2. The molecule has 4 rings (SSSR count). The third-order valence-electron chi connectivity index (χ3n) is 6.44. The summed E-state index contributed by atoms with van der Waals surface area (Å²) in [5.74, 6) is -0.504. The summed E-state index contributed by atoms with van der Waals surface area (Å²) in [5.41, 5.74) is 2.83. The number of hydrogen-bond acceptors (Lipinski definition) is 5. The third-order valence-corrected chi connectivity index (χ3v) is 8.45. The van der Waals surface area contributed by atoms with E-state index in [1.54, 1.807) is 13.0 Å². The second kappa shape index (κ2) is 9.76. The number of amides is 2. The van der Waals surface area contributed by atoms with Crippen LogP contribution in [0.2, 0.25) is 0 Å². The Morgan fingerprint density at radius 3 is 2.76 bits per heavy atom. The average molecular weight is 486 g/mol. The van der Waals surface area contributed by atoms with Gasteiger partial charge in [0.15, 0.2) is 6.10 Å². The van der Waals surface area contributed by atoms with Crippen LogP contribution in [0.3, 0.4) is 0 Å². The number of ether oxygens (including phenoxy) is 1. The molecule has 0 bridgehead atoms. The second-order valence-electron chi connectivity index (χ2n) is 8.86. The summed E-state index contributed by atoms with van der Waals surface area (Å²) in [5, 5.41) is 5.73. The number of carbonyl (C=O) groups excluding carboxylic acids is 2. The van der Waals surface area contributed by atoms with Crippen molar-refractivity contribution < 1.29 is 22.7 Å². The summed E-state index contributed by atoms with van der Waals surface area (Å²) in [6.45, 7) is 6.05. The number of benzene rings is 2. The molecule has 2 aliphatic rings.